The van der Waals surface area contributed by atoms with Gasteiger partial charge in [0.1, 0.15) is 10.7 Å². The minimum atomic E-state index is -0.590. The van der Waals surface area contributed by atoms with Crippen LogP contribution < -0.4 is 16.4 Å². The Morgan fingerprint density at radius 2 is 2.11 bits per heavy atom. The topological polar surface area (TPSA) is 111 Å². The van der Waals surface area contributed by atoms with E-state index >= 15 is 0 Å². The molecular formula is C10H12N6OS2. The van der Waals surface area contributed by atoms with Crippen molar-refractivity contribution in [2.24, 2.45) is 5.73 Å². The third kappa shape index (κ3) is 3.12. The summed E-state index contributed by atoms with van der Waals surface area (Å²) in [7, 11) is 3.77. The van der Waals surface area contributed by atoms with Gasteiger partial charge in [-0.3, -0.25) is 4.79 Å². The van der Waals surface area contributed by atoms with Crippen LogP contribution >= 0.6 is 23.1 Å². The molecule has 2 heterocycles. The number of carbonyl (C=O) groups excluding carboxylic acids is 1. The molecule has 2 aromatic rings. The molecule has 4 N–H and O–H groups in total. The van der Waals surface area contributed by atoms with Crippen LogP contribution in [0.25, 0.3) is 0 Å². The first-order valence-electron chi connectivity index (χ1n) is 5.22. The van der Waals surface area contributed by atoms with Crippen molar-refractivity contribution >= 4 is 39.8 Å². The maximum atomic E-state index is 11.1. The van der Waals surface area contributed by atoms with E-state index in [1.165, 1.54) is 29.2 Å². The summed E-state index contributed by atoms with van der Waals surface area (Å²) in [5.74, 6) is -0.590. The fourth-order valence-electron chi connectivity index (χ4n) is 1.18. The molecule has 0 atom stereocenters. The van der Waals surface area contributed by atoms with Crippen molar-refractivity contribution in [3.8, 4) is 0 Å². The van der Waals surface area contributed by atoms with Crippen LogP contribution in [0.4, 0.5) is 10.8 Å². The quantitative estimate of drug-likeness (QED) is 0.859. The molecule has 2 rings (SSSR count). The molecule has 0 unspecified atom stereocenters. The molecule has 7 nitrogen and oxygen atoms in total. The molecule has 0 fully saturated rings. The van der Waals surface area contributed by atoms with Gasteiger partial charge in [0.2, 0.25) is 5.13 Å². The number of amides is 1. The Morgan fingerprint density at radius 1 is 1.37 bits per heavy atom. The second-order valence-electron chi connectivity index (χ2n) is 3.80. The van der Waals surface area contributed by atoms with E-state index < -0.39 is 5.91 Å². The van der Waals surface area contributed by atoms with Gasteiger partial charge in [-0.05, 0) is 23.9 Å². The average Bonchev–Trinajstić information content (AvgIpc) is 2.80. The van der Waals surface area contributed by atoms with Crippen molar-refractivity contribution in [2.75, 3.05) is 24.7 Å². The fraction of sp³-hybridized carbons (Fsp3) is 0.200. The highest BCUT2D eigenvalue weighted by molar-refractivity contribution is 8.01. The SMILES string of the molecule is CN(C)c1nnc(Sc2nc(C(N)=O)ccc2N)s1. The Morgan fingerprint density at radius 3 is 2.68 bits per heavy atom. The van der Waals surface area contributed by atoms with E-state index in [1.807, 2.05) is 19.0 Å². The van der Waals surface area contributed by atoms with Crippen molar-refractivity contribution in [2.45, 2.75) is 9.37 Å². The van der Waals surface area contributed by atoms with Crippen LogP contribution in [-0.4, -0.2) is 35.2 Å². The Balaban J connectivity index is 2.26. The maximum Gasteiger partial charge on any atom is 0.267 e. The van der Waals surface area contributed by atoms with Crippen molar-refractivity contribution in [1.29, 1.82) is 0 Å². The zero-order valence-electron chi connectivity index (χ0n) is 10.3. The van der Waals surface area contributed by atoms with Gasteiger partial charge in [-0.2, -0.15) is 0 Å². The summed E-state index contributed by atoms with van der Waals surface area (Å²) >= 11 is 2.67. The van der Waals surface area contributed by atoms with Crippen molar-refractivity contribution in [3.63, 3.8) is 0 Å². The van der Waals surface area contributed by atoms with Crippen LogP contribution in [0.2, 0.25) is 0 Å². The summed E-state index contributed by atoms with van der Waals surface area (Å²) in [5.41, 5.74) is 11.6. The molecule has 9 heteroatoms. The third-order valence-electron chi connectivity index (χ3n) is 2.10. The van der Waals surface area contributed by atoms with E-state index in [0.717, 1.165) is 5.13 Å². The van der Waals surface area contributed by atoms with Gasteiger partial charge in [0.25, 0.3) is 5.91 Å². The highest BCUT2D eigenvalue weighted by Gasteiger charge is 2.12. The van der Waals surface area contributed by atoms with Crippen LogP contribution in [-0.2, 0) is 0 Å². The summed E-state index contributed by atoms with van der Waals surface area (Å²) in [6, 6.07) is 3.09. The third-order valence-corrected chi connectivity index (χ3v) is 4.27. The van der Waals surface area contributed by atoms with Crippen molar-refractivity contribution in [1.82, 2.24) is 15.2 Å². The van der Waals surface area contributed by atoms with Crippen molar-refractivity contribution in [3.05, 3.63) is 17.8 Å². The lowest BCUT2D eigenvalue weighted by Gasteiger charge is -2.04. The van der Waals surface area contributed by atoms with E-state index in [-0.39, 0.29) is 5.69 Å². The molecule has 0 saturated heterocycles. The molecule has 0 bridgehead atoms. The number of nitrogens with two attached hydrogens (primary N) is 2. The first kappa shape index (κ1) is 13.6. The van der Waals surface area contributed by atoms with Gasteiger partial charge in [0.05, 0.1) is 5.69 Å². The predicted molar refractivity (Wildman–Crippen MR) is 75.5 cm³/mol. The zero-order chi connectivity index (χ0) is 14.0. The maximum absolute atomic E-state index is 11.1. The van der Waals surface area contributed by atoms with E-state index in [1.54, 1.807) is 6.07 Å². The number of rotatable bonds is 4. The minimum absolute atomic E-state index is 0.175. The molecule has 2 aromatic heterocycles. The Bertz CT molecular complexity index is 612. The Kier molecular flexibility index (Phi) is 3.86. The van der Waals surface area contributed by atoms with Crippen LogP contribution in [0, 0.1) is 0 Å². The lowest BCUT2D eigenvalue weighted by Crippen LogP contribution is -2.13. The number of aromatic nitrogens is 3. The van der Waals surface area contributed by atoms with Gasteiger partial charge < -0.3 is 16.4 Å². The zero-order valence-corrected chi connectivity index (χ0v) is 12.0. The number of nitrogens with zero attached hydrogens (tertiary/aromatic N) is 4. The van der Waals surface area contributed by atoms with Crippen LogP contribution in [0.3, 0.4) is 0 Å². The number of primary amides is 1. The highest BCUT2D eigenvalue weighted by atomic mass is 32.2. The first-order chi connectivity index (χ1) is 8.97. The monoisotopic (exact) mass is 296 g/mol. The summed E-state index contributed by atoms with van der Waals surface area (Å²) < 4.78 is 0.699. The lowest BCUT2D eigenvalue weighted by molar-refractivity contribution is 0.0995. The molecule has 0 aliphatic rings. The summed E-state index contributed by atoms with van der Waals surface area (Å²) in [5, 5.41) is 9.32. The number of anilines is 2. The summed E-state index contributed by atoms with van der Waals surface area (Å²) in [4.78, 5) is 17.1. The highest BCUT2D eigenvalue weighted by Crippen LogP contribution is 2.34. The minimum Gasteiger partial charge on any atom is -0.397 e. The second kappa shape index (κ2) is 5.41. The van der Waals surface area contributed by atoms with Crippen LogP contribution in [0.1, 0.15) is 10.5 Å². The first-order valence-corrected chi connectivity index (χ1v) is 6.85. The molecule has 0 aromatic carbocycles. The number of carbonyl (C=O) groups is 1. The van der Waals surface area contributed by atoms with E-state index in [4.69, 9.17) is 11.5 Å². The van der Waals surface area contributed by atoms with Gasteiger partial charge >= 0.3 is 0 Å². The van der Waals surface area contributed by atoms with E-state index in [0.29, 0.717) is 15.1 Å². The average molecular weight is 296 g/mol. The van der Waals surface area contributed by atoms with E-state index in [9.17, 15) is 4.79 Å². The molecular weight excluding hydrogens is 284 g/mol. The Labute approximate surface area is 118 Å². The van der Waals surface area contributed by atoms with Gasteiger partial charge in [0.15, 0.2) is 4.34 Å². The normalized spacial score (nSPS) is 10.4. The summed E-state index contributed by atoms with van der Waals surface area (Å²) in [6.45, 7) is 0. The molecule has 1 amide bonds. The van der Waals surface area contributed by atoms with Crippen molar-refractivity contribution < 1.29 is 4.79 Å². The fourth-order valence-corrected chi connectivity index (χ4v) is 2.88. The molecule has 0 aliphatic heterocycles. The largest absolute Gasteiger partial charge is 0.397 e. The molecule has 100 valence electrons. The van der Waals surface area contributed by atoms with E-state index in [2.05, 4.69) is 15.2 Å². The molecule has 19 heavy (non-hydrogen) atoms. The predicted octanol–water partition coefficient (Wildman–Crippen LogP) is 0.831. The van der Waals surface area contributed by atoms with Gasteiger partial charge in [-0.25, -0.2) is 4.98 Å². The summed E-state index contributed by atoms with van der Waals surface area (Å²) in [6.07, 6.45) is 0. The standard InChI is InChI=1S/C10H12N6OS2/c1-16(2)9-14-15-10(19-9)18-8-5(11)3-4-6(13-8)7(12)17/h3-4H,11H2,1-2H3,(H2,12,17). The van der Waals surface area contributed by atoms with Gasteiger partial charge in [0, 0.05) is 14.1 Å². The van der Waals surface area contributed by atoms with Crippen LogP contribution in [0.15, 0.2) is 21.5 Å². The van der Waals surface area contributed by atoms with Crippen LogP contribution in [0.5, 0.6) is 0 Å². The molecule has 0 saturated carbocycles. The number of hydrogen-bond donors (Lipinski definition) is 2. The second-order valence-corrected chi connectivity index (χ2v) is 5.99. The van der Waals surface area contributed by atoms with Gasteiger partial charge in [-0.1, -0.05) is 11.3 Å². The number of nitrogen functional groups attached to an aromatic ring is 1. The lowest BCUT2D eigenvalue weighted by atomic mass is 10.3. The smallest absolute Gasteiger partial charge is 0.267 e. The Hall–Kier alpha value is -1.87. The molecule has 0 spiro atoms. The number of pyridine rings is 1. The molecule has 0 aliphatic carbocycles. The molecule has 0 radical (unpaired) electrons. The van der Waals surface area contributed by atoms with Gasteiger partial charge in [-0.15, -0.1) is 10.2 Å². The number of hydrogen-bond acceptors (Lipinski definition) is 8.